The van der Waals surface area contributed by atoms with E-state index < -0.39 is 17.4 Å². The number of carbonyl (C=O) groups is 2. The van der Waals surface area contributed by atoms with E-state index >= 15 is 0 Å². The van der Waals surface area contributed by atoms with Crippen molar-refractivity contribution < 1.29 is 14.3 Å². The van der Waals surface area contributed by atoms with Crippen LogP contribution in [0, 0.1) is 11.8 Å². The highest BCUT2D eigenvalue weighted by Gasteiger charge is 2.67. The van der Waals surface area contributed by atoms with Crippen LogP contribution in [0.2, 0.25) is 0 Å². The summed E-state index contributed by atoms with van der Waals surface area (Å²) in [6, 6.07) is 3.80. The Morgan fingerprint density at radius 1 is 1.43 bits per heavy atom. The maximum absolute atomic E-state index is 13.4. The van der Waals surface area contributed by atoms with Crippen molar-refractivity contribution in [1.29, 1.82) is 0 Å². The van der Waals surface area contributed by atoms with Gasteiger partial charge in [0.15, 0.2) is 5.82 Å². The number of hydrogen-bond acceptors (Lipinski definition) is 6. The van der Waals surface area contributed by atoms with Crippen LogP contribution in [0.1, 0.15) is 18.3 Å². The van der Waals surface area contributed by atoms with Gasteiger partial charge in [0, 0.05) is 32.5 Å². The highest BCUT2D eigenvalue weighted by molar-refractivity contribution is 5.92. The number of fused-ring (bicyclic) bond motifs is 1. The van der Waals surface area contributed by atoms with Gasteiger partial charge >= 0.3 is 0 Å². The topological polar surface area (TPSA) is 93.5 Å². The Balaban J connectivity index is 1.36. The molecule has 30 heavy (non-hydrogen) atoms. The fourth-order valence-corrected chi connectivity index (χ4v) is 4.92. The third kappa shape index (κ3) is 2.84. The molecule has 2 amide bonds. The lowest BCUT2D eigenvalue weighted by atomic mass is 9.76. The predicted molar refractivity (Wildman–Crippen MR) is 106 cm³/mol. The first-order chi connectivity index (χ1) is 14.5. The molecule has 2 fully saturated rings. The lowest BCUT2D eigenvalue weighted by molar-refractivity contribution is -0.143. The van der Waals surface area contributed by atoms with Gasteiger partial charge in [-0.25, -0.2) is 0 Å². The first-order valence-electron chi connectivity index (χ1n) is 10.2. The summed E-state index contributed by atoms with van der Waals surface area (Å²) in [4.78, 5) is 34.2. The molecule has 2 saturated heterocycles. The fourth-order valence-electron chi connectivity index (χ4n) is 4.92. The van der Waals surface area contributed by atoms with Crippen molar-refractivity contribution in [3.05, 3.63) is 54.4 Å². The van der Waals surface area contributed by atoms with Crippen molar-refractivity contribution in [3.8, 4) is 0 Å². The Bertz CT molecular complexity index is 1010. The van der Waals surface area contributed by atoms with E-state index in [2.05, 4.69) is 15.2 Å². The van der Waals surface area contributed by atoms with Gasteiger partial charge in [-0.2, -0.15) is 0 Å². The summed E-state index contributed by atoms with van der Waals surface area (Å²) in [6.07, 6.45) is 8.66. The van der Waals surface area contributed by atoms with Crippen molar-refractivity contribution in [1.82, 2.24) is 29.5 Å². The summed E-state index contributed by atoms with van der Waals surface area (Å²) < 4.78 is 8.12. The average Bonchev–Trinajstić information content (AvgIpc) is 3.50. The van der Waals surface area contributed by atoms with Crippen LogP contribution in [0.5, 0.6) is 0 Å². The number of carbonyl (C=O) groups excluding carboxylic acids is 2. The van der Waals surface area contributed by atoms with Gasteiger partial charge in [0.2, 0.25) is 11.8 Å². The smallest absolute Gasteiger partial charge is 0.230 e. The van der Waals surface area contributed by atoms with Gasteiger partial charge in [-0.15, -0.1) is 10.2 Å². The third-order valence-electron chi connectivity index (χ3n) is 6.35. The van der Waals surface area contributed by atoms with Crippen LogP contribution in [-0.2, 0) is 34.0 Å². The van der Waals surface area contributed by atoms with E-state index in [0.717, 1.165) is 17.9 Å². The Morgan fingerprint density at radius 2 is 2.30 bits per heavy atom. The number of rotatable bonds is 6. The summed E-state index contributed by atoms with van der Waals surface area (Å²) in [7, 11) is 1.74. The Labute approximate surface area is 174 Å². The molecule has 2 aromatic rings. The van der Waals surface area contributed by atoms with Crippen molar-refractivity contribution >= 4 is 11.8 Å². The van der Waals surface area contributed by atoms with Gasteiger partial charge < -0.3 is 19.1 Å². The minimum Gasteiger partial charge on any atom is -0.360 e. The molecule has 156 valence electrons. The van der Waals surface area contributed by atoms with Crippen LogP contribution in [0.25, 0.3) is 0 Å². The highest BCUT2D eigenvalue weighted by atomic mass is 16.5. The lowest BCUT2D eigenvalue weighted by Gasteiger charge is -2.27. The Hall–Kier alpha value is -3.07. The SMILES string of the molecule is CCn1cnnc1CN(C)C(=O)C1C2C(=O)N(Cc3cccnc3)C[C@]23C=C[C@H]1O3. The molecule has 5 heterocycles. The van der Waals surface area contributed by atoms with Gasteiger partial charge in [0.05, 0.1) is 31.0 Å². The molecule has 9 nitrogen and oxygen atoms in total. The van der Waals surface area contributed by atoms with Gasteiger partial charge in [-0.3, -0.25) is 14.6 Å². The predicted octanol–water partition coefficient (Wildman–Crippen LogP) is 0.634. The molecule has 9 heteroatoms. The Morgan fingerprint density at radius 3 is 3.07 bits per heavy atom. The van der Waals surface area contributed by atoms with Crippen molar-refractivity contribution in [2.75, 3.05) is 13.6 Å². The van der Waals surface area contributed by atoms with Crippen LogP contribution in [0.4, 0.5) is 0 Å². The minimum absolute atomic E-state index is 0.0332. The van der Waals surface area contributed by atoms with Gasteiger partial charge in [-0.05, 0) is 18.6 Å². The molecule has 0 saturated carbocycles. The monoisotopic (exact) mass is 408 g/mol. The molecule has 1 spiro atoms. The molecule has 2 bridgehead atoms. The first kappa shape index (κ1) is 18.9. The second-order valence-electron chi connectivity index (χ2n) is 8.18. The summed E-state index contributed by atoms with van der Waals surface area (Å²) in [6.45, 7) is 3.99. The van der Waals surface area contributed by atoms with Crippen LogP contribution < -0.4 is 0 Å². The molecule has 0 aromatic carbocycles. The number of amides is 2. The molecule has 3 aliphatic rings. The summed E-state index contributed by atoms with van der Waals surface area (Å²) >= 11 is 0. The van der Waals surface area contributed by atoms with E-state index in [1.165, 1.54) is 0 Å². The zero-order valence-corrected chi connectivity index (χ0v) is 17.0. The van der Waals surface area contributed by atoms with E-state index in [9.17, 15) is 9.59 Å². The summed E-state index contributed by atoms with van der Waals surface area (Å²) in [5, 5.41) is 8.04. The summed E-state index contributed by atoms with van der Waals surface area (Å²) in [5.74, 6) is -0.432. The maximum atomic E-state index is 13.4. The zero-order valence-electron chi connectivity index (χ0n) is 17.0. The quantitative estimate of drug-likeness (QED) is 0.651. The van der Waals surface area contributed by atoms with Crippen molar-refractivity contribution in [2.24, 2.45) is 11.8 Å². The minimum atomic E-state index is -0.714. The van der Waals surface area contributed by atoms with Crippen molar-refractivity contribution in [2.45, 2.75) is 38.3 Å². The maximum Gasteiger partial charge on any atom is 0.230 e. The summed E-state index contributed by atoms with van der Waals surface area (Å²) in [5.41, 5.74) is 0.244. The molecule has 5 rings (SSSR count). The van der Waals surface area contributed by atoms with E-state index in [4.69, 9.17) is 4.74 Å². The average molecular weight is 408 g/mol. The number of pyridine rings is 1. The Kier molecular flexibility index (Phi) is 4.43. The van der Waals surface area contributed by atoms with Crippen LogP contribution in [0.3, 0.4) is 0 Å². The number of aromatic nitrogens is 4. The lowest BCUT2D eigenvalue weighted by Crippen LogP contribution is -2.44. The van der Waals surface area contributed by atoms with Gasteiger partial charge in [-0.1, -0.05) is 18.2 Å². The van der Waals surface area contributed by atoms with E-state index in [0.29, 0.717) is 19.6 Å². The van der Waals surface area contributed by atoms with E-state index in [1.54, 1.807) is 35.6 Å². The standard InChI is InChI=1S/C21H24N6O3/c1-3-26-13-23-24-16(26)11-25(2)19(28)17-15-6-7-21(30-15)12-27(20(29)18(17)21)10-14-5-4-8-22-9-14/h4-9,13,15,17-18H,3,10-12H2,1-2H3/t15-,17?,18?,21-/m1/s1. The third-order valence-corrected chi connectivity index (χ3v) is 6.35. The molecule has 4 atom stereocenters. The number of hydrogen-bond donors (Lipinski definition) is 0. The van der Waals surface area contributed by atoms with Crippen LogP contribution in [-0.4, -0.2) is 66.7 Å². The second-order valence-corrected chi connectivity index (χ2v) is 8.18. The number of likely N-dealkylation sites (tertiary alicyclic amines) is 1. The van der Waals surface area contributed by atoms with Crippen LogP contribution in [0.15, 0.2) is 43.0 Å². The number of ether oxygens (including phenoxy) is 1. The molecule has 2 unspecified atom stereocenters. The second kappa shape index (κ2) is 7.02. The molecule has 0 radical (unpaired) electrons. The number of aryl methyl sites for hydroxylation is 1. The van der Waals surface area contributed by atoms with E-state index in [1.807, 2.05) is 35.8 Å². The molecule has 0 aliphatic carbocycles. The molecular weight excluding hydrogens is 384 g/mol. The molecule has 2 aromatic heterocycles. The zero-order chi connectivity index (χ0) is 20.9. The molecule has 3 aliphatic heterocycles. The number of nitrogens with zero attached hydrogens (tertiary/aromatic N) is 6. The van der Waals surface area contributed by atoms with Crippen LogP contribution >= 0.6 is 0 Å². The van der Waals surface area contributed by atoms with Gasteiger partial charge in [0.25, 0.3) is 0 Å². The molecular formula is C21H24N6O3. The highest BCUT2D eigenvalue weighted by Crippen LogP contribution is 2.52. The van der Waals surface area contributed by atoms with E-state index in [-0.39, 0.29) is 17.9 Å². The fraction of sp³-hybridized carbons (Fsp3) is 0.476. The molecule has 0 N–H and O–H groups in total. The largest absolute Gasteiger partial charge is 0.360 e. The normalized spacial score (nSPS) is 28.9. The van der Waals surface area contributed by atoms with Gasteiger partial charge in [0.1, 0.15) is 11.9 Å². The first-order valence-corrected chi connectivity index (χ1v) is 10.2. The van der Waals surface area contributed by atoms with Crippen molar-refractivity contribution in [3.63, 3.8) is 0 Å².